The second-order valence-corrected chi connectivity index (χ2v) is 6.87. The summed E-state index contributed by atoms with van der Waals surface area (Å²) in [7, 11) is 0. The summed E-state index contributed by atoms with van der Waals surface area (Å²) in [6.07, 6.45) is 0. The van der Waals surface area contributed by atoms with Gasteiger partial charge in [0.05, 0.1) is 9.90 Å². The van der Waals surface area contributed by atoms with Gasteiger partial charge >= 0.3 is 5.97 Å². The van der Waals surface area contributed by atoms with E-state index in [1.807, 2.05) is 39.0 Å². The van der Waals surface area contributed by atoms with Crippen molar-refractivity contribution in [2.75, 3.05) is 5.73 Å². The molecule has 0 fully saturated rings. The number of anilines is 1. The van der Waals surface area contributed by atoms with E-state index in [1.165, 1.54) is 11.3 Å². The summed E-state index contributed by atoms with van der Waals surface area (Å²) in [6, 6.07) is 9.04. The van der Waals surface area contributed by atoms with Gasteiger partial charge in [-0.1, -0.05) is 23.7 Å². The third kappa shape index (κ3) is 3.52. The maximum Gasteiger partial charge on any atom is 0.348 e. The predicted octanol–water partition coefficient (Wildman–Crippen LogP) is 4.61. The van der Waals surface area contributed by atoms with Crippen molar-refractivity contribution < 1.29 is 9.53 Å². The molecule has 0 radical (unpaired) electrons. The van der Waals surface area contributed by atoms with Crippen LogP contribution in [-0.2, 0) is 4.74 Å². The highest BCUT2D eigenvalue weighted by molar-refractivity contribution is 7.18. The van der Waals surface area contributed by atoms with E-state index in [1.54, 1.807) is 12.1 Å². The highest BCUT2D eigenvalue weighted by Crippen LogP contribution is 2.37. The quantitative estimate of drug-likeness (QED) is 0.651. The van der Waals surface area contributed by atoms with Crippen LogP contribution in [0, 0.1) is 0 Å². The SMILES string of the molecule is CC(C)(C)OC(=O)c1cc(Cl)c(-c2cccc(N)c2)s1. The Morgan fingerprint density at radius 2 is 2.00 bits per heavy atom. The van der Waals surface area contributed by atoms with Gasteiger partial charge < -0.3 is 10.5 Å². The van der Waals surface area contributed by atoms with E-state index in [4.69, 9.17) is 22.1 Å². The van der Waals surface area contributed by atoms with Gasteiger partial charge in [-0.05, 0) is 44.5 Å². The number of nitrogen functional groups attached to an aromatic ring is 1. The molecule has 0 saturated carbocycles. The minimum absolute atomic E-state index is 0.362. The molecule has 0 bridgehead atoms. The van der Waals surface area contributed by atoms with Gasteiger partial charge in [0.15, 0.2) is 0 Å². The summed E-state index contributed by atoms with van der Waals surface area (Å²) in [4.78, 5) is 13.3. The Morgan fingerprint density at radius 1 is 1.30 bits per heavy atom. The zero-order valence-electron chi connectivity index (χ0n) is 11.6. The van der Waals surface area contributed by atoms with Crippen molar-refractivity contribution in [1.29, 1.82) is 0 Å². The van der Waals surface area contributed by atoms with Gasteiger partial charge in [0.25, 0.3) is 0 Å². The molecule has 0 aliphatic heterocycles. The molecule has 0 spiro atoms. The average molecular weight is 310 g/mol. The first-order valence-corrected chi connectivity index (χ1v) is 7.34. The molecule has 3 nitrogen and oxygen atoms in total. The Labute approximate surface area is 127 Å². The highest BCUT2D eigenvalue weighted by Gasteiger charge is 2.21. The Morgan fingerprint density at radius 3 is 2.60 bits per heavy atom. The minimum Gasteiger partial charge on any atom is -0.456 e. The number of halogens is 1. The summed E-state index contributed by atoms with van der Waals surface area (Å²) in [5, 5.41) is 0.529. The van der Waals surface area contributed by atoms with Crippen LogP contribution in [0.15, 0.2) is 30.3 Å². The lowest BCUT2D eigenvalue weighted by Gasteiger charge is -2.18. The molecule has 2 N–H and O–H groups in total. The van der Waals surface area contributed by atoms with Crippen LogP contribution in [0.4, 0.5) is 5.69 Å². The Hall–Kier alpha value is -1.52. The molecular weight excluding hydrogens is 294 g/mol. The summed E-state index contributed by atoms with van der Waals surface area (Å²) >= 11 is 7.52. The number of thiophene rings is 1. The van der Waals surface area contributed by atoms with Gasteiger partial charge in [-0.2, -0.15) is 0 Å². The van der Waals surface area contributed by atoms with Crippen molar-refractivity contribution in [1.82, 2.24) is 0 Å². The van der Waals surface area contributed by atoms with E-state index in [0.29, 0.717) is 15.6 Å². The van der Waals surface area contributed by atoms with Crippen LogP contribution in [0.5, 0.6) is 0 Å². The first kappa shape index (κ1) is 14.9. The average Bonchev–Trinajstić information content (AvgIpc) is 2.69. The van der Waals surface area contributed by atoms with E-state index in [9.17, 15) is 4.79 Å². The molecule has 1 heterocycles. The first-order valence-electron chi connectivity index (χ1n) is 6.15. The molecule has 1 aromatic carbocycles. The van der Waals surface area contributed by atoms with Crippen LogP contribution in [-0.4, -0.2) is 11.6 Å². The molecule has 5 heteroatoms. The molecule has 0 unspecified atom stereocenters. The number of rotatable bonds is 2. The van der Waals surface area contributed by atoms with E-state index < -0.39 is 5.60 Å². The monoisotopic (exact) mass is 309 g/mol. The molecule has 20 heavy (non-hydrogen) atoms. The molecule has 0 aliphatic carbocycles. The van der Waals surface area contributed by atoms with Crippen LogP contribution >= 0.6 is 22.9 Å². The molecule has 0 atom stereocenters. The maximum absolute atomic E-state index is 12.0. The van der Waals surface area contributed by atoms with Gasteiger partial charge in [-0.25, -0.2) is 4.79 Å². The van der Waals surface area contributed by atoms with Gasteiger partial charge in [-0.3, -0.25) is 0 Å². The van der Waals surface area contributed by atoms with E-state index >= 15 is 0 Å². The Balaban J connectivity index is 2.33. The summed E-state index contributed by atoms with van der Waals surface area (Å²) in [6.45, 7) is 5.50. The Bertz CT molecular complexity index is 644. The van der Waals surface area contributed by atoms with Crippen molar-refractivity contribution in [3.05, 3.63) is 40.2 Å². The molecule has 0 aliphatic rings. The van der Waals surface area contributed by atoms with E-state index in [2.05, 4.69) is 0 Å². The number of esters is 1. The third-order valence-corrected chi connectivity index (χ3v) is 4.01. The third-order valence-electron chi connectivity index (χ3n) is 2.44. The zero-order chi connectivity index (χ0) is 14.9. The summed E-state index contributed by atoms with van der Waals surface area (Å²) < 4.78 is 5.34. The van der Waals surface area contributed by atoms with Crippen LogP contribution in [0.2, 0.25) is 5.02 Å². The van der Waals surface area contributed by atoms with Crippen LogP contribution < -0.4 is 5.73 Å². The topological polar surface area (TPSA) is 52.3 Å². The minimum atomic E-state index is -0.523. The van der Waals surface area contributed by atoms with E-state index in [0.717, 1.165) is 10.4 Å². The largest absolute Gasteiger partial charge is 0.456 e. The van der Waals surface area contributed by atoms with Crippen molar-refractivity contribution in [2.45, 2.75) is 26.4 Å². The fraction of sp³-hybridized carbons (Fsp3) is 0.267. The first-order chi connectivity index (χ1) is 9.26. The normalized spacial score (nSPS) is 11.4. The number of nitrogens with two attached hydrogens (primary N) is 1. The molecule has 0 saturated heterocycles. The number of hydrogen-bond donors (Lipinski definition) is 1. The van der Waals surface area contributed by atoms with Crippen molar-refractivity contribution in [2.24, 2.45) is 0 Å². The Kier molecular flexibility index (Phi) is 4.06. The van der Waals surface area contributed by atoms with E-state index in [-0.39, 0.29) is 5.97 Å². The summed E-state index contributed by atoms with van der Waals surface area (Å²) in [5.41, 5.74) is 6.80. The van der Waals surface area contributed by atoms with Crippen molar-refractivity contribution in [3.63, 3.8) is 0 Å². The zero-order valence-corrected chi connectivity index (χ0v) is 13.1. The molecular formula is C15H16ClNO2S. The summed E-state index contributed by atoms with van der Waals surface area (Å²) in [5.74, 6) is -0.362. The number of carbonyl (C=O) groups excluding carboxylic acids is 1. The van der Waals surface area contributed by atoms with Gasteiger partial charge in [0.1, 0.15) is 10.5 Å². The molecule has 106 valence electrons. The van der Waals surface area contributed by atoms with Crippen LogP contribution in [0.1, 0.15) is 30.4 Å². The van der Waals surface area contributed by atoms with Crippen molar-refractivity contribution >= 4 is 34.6 Å². The van der Waals surface area contributed by atoms with Crippen molar-refractivity contribution in [3.8, 4) is 10.4 Å². The highest BCUT2D eigenvalue weighted by atomic mass is 35.5. The lowest BCUT2D eigenvalue weighted by molar-refractivity contribution is 0.00752. The number of ether oxygens (including phenoxy) is 1. The van der Waals surface area contributed by atoms with Crippen LogP contribution in [0.25, 0.3) is 10.4 Å². The fourth-order valence-electron chi connectivity index (χ4n) is 1.67. The second kappa shape index (κ2) is 5.46. The van der Waals surface area contributed by atoms with Gasteiger partial charge in [0.2, 0.25) is 0 Å². The lowest BCUT2D eigenvalue weighted by Crippen LogP contribution is -2.23. The number of benzene rings is 1. The standard InChI is InChI=1S/C15H16ClNO2S/c1-15(2,3)19-14(18)12-8-11(16)13(20-12)9-5-4-6-10(17)7-9/h4-8H,17H2,1-3H3. The van der Waals surface area contributed by atoms with Crippen LogP contribution in [0.3, 0.4) is 0 Å². The second-order valence-electron chi connectivity index (χ2n) is 5.42. The van der Waals surface area contributed by atoms with Gasteiger partial charge in [0, 0.05) is 5.69 Å². The smallest absolute Gasteiger partial charge is 0.348 e. The predicted molar refractivity (Wildman–Crippen MR) is 84.3 cm³/mol. The fourth-order valence-corrected chi connectivity index (χ4v) is 3.00. The number of carbonyl (C=O) groups is 1. The molecule has 1 aromatic heterocycles. The molecule has 0 amide bonds. The van der Waals surface area contributed by atoms with Gasteiger partial charge in [-0.15, -0.1) is 11.3 Å². The maximum atomic E-state index is 12.0. The number of hydrogen-bond acceptors (Lipinski definition) is 4. The molecule has 2 rings (SSSR count). The lowest BCUT2D eigenvalue weighted by atomic mass is 10.1. The molecule has 2 aromatic rings.